The summed E-state index contributed by atoms with van der Waals surface area (Å²) in [6.45, 7) is 0. The molecular weight excluding hydrogens is 404 g/mol. The van der Waals surface area contributed by atoms with Gasteiger partial charge in [-0.25, -0.2) is 13.6 Å². The third kappa shape index (κ3) is 4.28. The third-order valence-corrected chi connectivity index (χ3v) is 4.28. The van der Waals surface area contributed by atoms with Crippen LogP contribution in [0.1, 0.15) is 5.56 Å². The van der Waals surface area contributed by atoms with Gasteiger partial charge in [-0.3, -0.25) is 15.5 Å². The lowest BCUT2D eigenvalue weighted by Crippen LogP contribution is -2.12. The number of nitrogens with two attached hydrogens (primary N) is 1. The van der Waals surface area contributed by atoms with Crippen LogP contribution in [0, 0.1) is 10.1 Å². The number of phenolic OH excluding ortho intramolecular Hbond substituents is 1. The zero-order valence-corrected chi connectivity index (χ0v) is 14.3. The fraction of sp³-hybridized carbons (Fsp3) is 0. The van der Waals surface area contributed by atoms with Gasteiger partial charge in [-0.2, -0.15) is 5.10 Å². The smallest absolute Gasteiger partial charge is 0.295 e. The van der Waals surface area contributed by atoms with Crippen LogP contribution in [0.15, 0.2) is 50.9 Å². The number of phenols is 1. The molecule has 0 spiro atoms. The van der Waals surface area contributed by atoms with Crippen LogP contribution < -0.4 is 10.6 Å². The molecule has 0 aliphatic heterocycles. The molecule has 0 aliphatic carbocycles. The Bertz CT molecular complexity index is 930. The van der Waals surface area contributed by atoms with Crippen molar-refractivity contribution in [2.24, 2.45) is 10.2 Å². The summed E-state index contributed by atoms with van der Waals surface area (Å²) >= 11 is 3.24. The van der Waals surface area contributed by atoms with Crippen molar-refractivity contribution < 1.29 is 18.4 Å². The summed E-state index contributed by atoms with van der Waals surface area (Å²) in [5.41, 5.74) is 2.28. The molecule has 0 saturated heterocycles. The van der Waals surface area contributed by atoms with Crippen molar-refractivity contribution in [1.29, 1.82) is 0 Å². The van der Waals surface area contributed by atoms with Crippen LogP contribution in [-0.4, -0.2) is 24.7 Å². The highest BCUT2D eigenvalue weighted by molar-refractivity contribution is 9.10. The Hall–Kier alpha value is -2.50. The lowest BCUT2D eigenvalue weighted by molar-refractivity contribution is -0.384. The Labute approximate surface area is 145 Å². The fourth-order valence-corrected chi connectivity index (χ4v) is 2.65. The fourth-order valence-electron chi connectivity index (χ4n) is 1.73. The van der Waals surface area contributed by atoms with Crippen molar-refractivity contribution in [3.05, 3.63) is 56.5 Å². The summed E-state index contributed by atoms with van der Waals surface area (Å²) in [7, 11) is -4.06. The van der Waals surface area contributed by atoms with E-state index in [1.54, 1.807) is 12.1 Å². The molecule has 9 nitrogen and oxygen atoms in total. The monoisotopic (exact) mass is 414 g/mol. The lowest BCUT2D eigenvalue weighted by Gasteiger charge is -2.04. The zero-order chi connectivity index (χ0) is 17.9. The molecule has 2 aromatic carbocycles. The van der Waals surface area contributed by atoms with E-state index in [0.717, 1.165) is 12.1 Å². The van der Waals surface area contributed by atoms with Gasteiger partial charge >= 0.3 is 0 Å². The number of nitro benzene ring substituents is 1. The van der Waals surface area contributed by atoms with Crippen LogP contribution in [0.5, 0.6) is 5.75 Å². The van der Waals surface area contributed by atoms with Gasteiger partial charge in [0.05, 0.1) is 16.0 Å². The Morgan fingerprint density at radius 3 is 2.62 bits per heavy atom. The first-order valence-electron chi connectivity index (χ1n) is 6.27. The number of nitrogens with one attached hydrogen (secondary N) is 1. The number of anilines is 1. The number of hydrogen-bond acceptors (Lipinski definition) is 7. The van der Waals surface area contributed by atoms with E-state index in [0.29, 0.717) is 10.0 Å². The molecule has 0 fully saturated rings. The molecule has 0 aliphatic rings. The third-order valence-electron chi connectivity index (χ3n) is 2.87. The van der Waals surface area contributed by atoms with E-state index in [-0.39, 0.29) is 16.3 Å². The van der Waals surface area contributed by atoms with Crippen molar-refractivity contribution >= 4 is 43.5 Å². The molecule has 0 amide bonds. The highest BCUT2D eigenvalue weighted by Gasteiger charge is 2.18. The van der Waals surface area contributed by atoms with Gasteiger partial charge in [0.25, 0.3) is 5.69 Å². The van der Waals surface area contributed by atoms with Gasteiger partial charge in [0, 0.05) is 16.1 Å². The standard InChI is InChI=1S/C13H11BrN4O5S/c14-9-1-4-13(19)8(5-9)7-16-17-11-3-2-10(24(15,22)23)6-12(11)18(20)21/h1-7,17,19H,(H2,15,22,23). The summed E-state index contributed by atoms with van der Waals surface area (Å²) in [6.07, 6.45) is 1.26. The second-order valence-corrected chi connectivity index (χ2v) is 7.03. The second-order valence-electron chi connectivity index (χ2n) is 4.55. The molecular formula is C13H11BrN4O5S. The minimum Gasteiger partial charge on any atom is -0.507 e. The van der Waals surface area contributed by atoms with Gasteiger partial charge in [-0.1, -0.05) is 15.9 Å². The number of hydrogen-bond donors (Lipinski definition) is 3. The number of nitro groups is 1. The molecule has 0 unspecified atom stereocenters. The average Bonchev–Trinajstić information content (AvgIpc) is 2.49. The maximum Gasteiger partial charge on any atom is 0.295 e. The number of aromatic hydroxyl groups is 1. The molecule has 2 rings (SSSR count). The van der Waals surface area contributed by atoms with E-state index >= 15 is 0 Å². The minimum absolute atomic E-state index is 0.0252. The summed E-state index contributed by atoms with van der Waals surface area (Å²) in [5.74, 6) is -0.0252. The van der Waals surface area contributed by atoms with Crippen LogP contribution >= 0.6 is 15.9 Å². The number of sulfonamides is 1. The SMILES string of the molecule is NS(=O)(=O)c1ccc(NN=Cc2cc(Br)ccc2O)c([N+](=O)[O-])c1. The highest BCUT2D eigenvalue weighted by atomic mass is 79.9. The number of primary sulfonamides is 1. The zero-order valence-electron chi connectivity index (χ0n) is 11.9. The predicted octanol–water partition coefficient (Wildman–Crippen LogP) is 2.16. The van der Waals surface area contributed by atoms with Gasteiger partial charge in [0.1, 0.15) is 11.4 Å². The topological polar surface area (TPSA) is 148 Å². The summed E-state index contributed by atoms with van der Waals surface area (Å²) in [5, 5.41) is 29.5. The van der Waals surface area contributed by atoms with Crippen LogP contribution in [0.25, 0.3) is 0 Å². The van der Waals surface area contributed by atoms with Gasteiger partial charge < -0.3 is 5.11 Å². The largest absolute Gasteiger partial charge is 0.507 e. The maximum atomic E-state index is 11.3. The quantitative estimate of drug-likeness (QED) is 0.387. The van der Waals surface area contributed by atoms with Gasteiger partial charge in [-0.15, -0.1) is 0 Å². The van der Waals surface area contributed by atoms with Crippen molar-refractivity contribution in [2.45, 2.75) is 4.90 Å². The van der Waals surface area contributed by atoms with E-state index < -0.39 is 20.6 Å². The lowest BCUT2D eigenvalue weighted by atomic mass is 10.2. The first kappa shape index (κ1) is 17.8. The minimum atomic E-state index is -4.06. The summed E-state index contributed by atoms with van der Waals surface area (Å²) in [6, 6.07) is 7.82. The number of hydrazone groups is 1. The molecule has 0 saturated carbocycles. The van der Waals surface area contributed by atoms with Crippen molar-refractivity contribution in [3.8, 4) is 5.75 Å². The normalized spacial score (nSPS) is 11.6. The van der Waals surface area contributed by atoms with Gasteiger partial charge in [-0.05, 0) is 30.3 Å². The Kier molecular flexibility index (Phi) is 5.17. The van der Waals surface area contributed by atoms with E-state index in [9.17, 15) is 23.6 Å². The van der Waals surface area contributed by atoms with Crippen molar-refractivity contribution in [1.82, 2.24) is 0 Å². The molecule has 0 atom stereocenters. The molecule has 11 heteroatoms. The highest BCUT2D eigenvalue weighted by Crippen LogP contribution is 2.27. The van der Waals surface area contributed by atoms with Crippen LogP contribution in [0.3, 0.4) is 0 Å². The molecule has 4 N–H and O–H groups in total. The van der Waals surface area contributed by atoms with Crippen LogP contribution in [0.4, 0.5) is 11.4 Å². The molecule has 0 aromatic heterocycles. The molecule has 24 heavy (non-hydrogen) atoms. The molecule has 0 heterocycles. The van der Waals surface area contributed by atoms with E-state index in [4.69, 9.17) is 5.14 Å². The Morgan fingerprint density at radius 1 is 1.29 bits per heavy atom. The number of halogens is 1. The van der Waals surface area contributed by atoms with Gasteiger partial charge in [0.2, 0.25) is 10.0 Å². The van der Waals surface area contributed by atoms with Gasteiger partial charge in [0.15, 0.2) is 0 Å². The summed E-state index contributed by atoms with van der Waals surface area (Å²) in [4.78, 5) is 9.92. The maximum absolute atomic E-state index is 11.3. The molecule has 126 valence electrons. The number of rotatable bonds is 5. The average molecular weight is 415 g/mol. The Balaban J connectivity index is 2.31. The Morgan fingerprint density at radius 2 is 2.00 bits per heavy atom. The molecule has 0 bridgehead atoms. The van der Waals surface area contributed by atoms with Crippen molar-refractivity contribution in [3.63, 3.8) is 0 Å². The molecule has 0 radical (unpaired) electrons. The number of benzene rings is 2. The first-order valence-corrected chi connectivity index (χ1v) is 8.61. The van der Waals surface area contributed by atoms with Crippen LogP contribution in [-0.2, 0) is 10.0 Å². The number of nitrogens with zero attached hydrogens (tertiary/aromatic N) is 2. The van der Waals surface area contributed by atoms with E-state index in [1.165, 1.54) is 18.3 Å². The summed E-state index contributed by atoms with van der Waals surface area (Å²) < 4.78 is 23.2. The van der Waals surface area contributed by atoms with Crippen LogP contribution in [0.2, 0.25) is 0 Å². The van der Waals surface area contributed by atoms with Crippen molar-refractivity contribution in [2.75, 3.05) is 5.43 Å². The first-order chi connectivity index (χ1) is 11.2. The second kappa shape index (κ2) is 6.95. The predicted molar refractivity (Wildman–Crippen MR) is 91.5 cm³/mol. The van der Waals surface area contributed by atoms with E-state index in [2.05, 4.69) is 26.5 Å². The van der Waals surface area contributed by atoms with E-state index in [1.807, 2.05) is 0 Å². The molecule has 2 aromatic rings.